The Kier molecular flexibility index (Phi) is 4.24. The Morgan fingerprint density at radius 2 is 2.00 bits per heavy atom. The van der Waals surface area contributed by atoms with E-state index in [1.165, 1.54) is 6.42 Å². The number of likely N-dealkylation sites (tertiary alicyclic amines) is 1. The number of amides is 1. The van der Waals surface area contributed by atoms with Crippen LogP contribution in [0.1, 0.15) is 40.8 Å². The lowest BCUT2D eigenvalue weighted by molar-refractivity contribution is 0.0947. The minimum absolute atomic E-state index is 0.126. The van der Waals surface area contributed by atoms with Gasteiger partial charge in [0.15, 0.2) is 5.69 Å². The van der Waals surface area contributed by atoms with E-state index in [0.717, 1.165) is 29.9 Å². The number of carbonyl (C=O) groups is 1. The van der Waals surface area contributed by atoms with Crippen LogP contribution in [-0.2, 0) is 6.54 Å². The standard InChI is InChI=1S/C20H22N4O/c1-23-12-7-11-17(23)19-22-18(16-10-5-6-13-24(16)19)20(25)21-14-15-8-3-2-4-9-15/h2-6,8-10,13,17H,7,11-12,14H2,1H3,(H,21,25)/t17-/m0/s1. The number of carbonyl (C=O) groups excluding carboxylic acids is 1. The van der Waals surface area contributed by atoms with Crippen molar-refractivity contribution in [2.24, 2.45) is 0 Å². The highest BCUT2D eigenvalue weighted by Crippen LogP contribution is 2.31. The van der Waals surface area contributed by atoms with Crippen LogP contribution in [0, 0.1) is 0 Å². The molecular formula is C20H22N4O. The van der Waals surface area contributed by atoms with Gasteiger partial charge < -0.3 is 9.72 Å². The Balaban J connectivity index is 1.64. The van der Waals surface area contributed by atoms with E-state index in [-0.39, 0.29) is 11.9 Å². The monoisotopic (exact) mass is 334 g/mol. The third-order valence-corrected chi connectivity index (χ3v) is 4.91. The zero-order valence-corrected chi connectivity index (χ0v) is 14.4. The van der Waals surface area contributed by atoms with Crippen molar-refractivity contribution in [2.45, 2.75) is 25.4 Å². The van der Waals surface area contributed by atoms with Gasteiger partial charge in [0, 0.05) is 12.7 Å². The molecular weight excluding hydrogens is 312 g/mol. The molecule has 1 amide bonds. The van der Waals surface area contributed by atoms with Gasteiger partial charge in [0.05, 0.1) is 11.6 Å². The van der Waals surface area contributed by atoms with E-state index >= 15 is 0 Å². The average molecular weight is 334 g/mol. The molecule has 1 atom stereocenters. The second-order valence-electron chi connectivity index (χ2n) is 6.58. The van der Waals surface area contributed by atoms with Crippen molar-refractivity contribution >= 4 is 11.4 Å². The summed E-state index contributed by atoms with van der Waals surface area (Å²) in [5.74, 6) is 0.833. The number of hydrogen-bond donors (Lipinski definition) is 1. The van der Waals surface area contributed by atoms with Crippen LogP contribution >= 0.6 is 0 Å². The molecule has 4 rings (SSSR count). The van der Waals surface area contributed by atoms with Crippen LogP contribution in [0.4, 0.5) is 0 Å². The van der Waals surface area contributed by atoms with Crippen molar-refractivity contribution in [1.82, 2.24) is 19.6 Å². The van der Waals surface area contributed by atoms with Gasteiger partial charge in [-0.1, -0.05) is 36.4 Å². The Hall–Kier alpha value is -2.66. The van der Waals surface area contributed by atoms with Crippen molar-refractivity contribution in [3.05, 3.63) is 71.8 Å². The lowest BCUT2D eigenvalue weighted by Crippen LogP contribution is -2.23. The number of nitrogens with one attached hydrogen (secondary N) is 1. The maximum absolute atomic E-state index is 12.7. The third kappa shape index (κ3) is 3.03. The smallest absolute Gasteiger partial charge is 0.272 e. The zero-order chi connectivity index (χ0) is 17.2. The van der Waals surface area contributed by atoms with Crippen molar-refractivity contribution in [1.29, 1.82) is 0 Å². The summed E-state index contributed by atoms with van der Waals surface area (Å²) >= 11 is 0. The van der Waals surface area contributed by atoms with E-state index in [1.807, 2.05) is 54.7 Å². The summed E-state index contributed by atoms with van der Waals surface area (Å²) in [6, 6.07) is 16.1. The molecule has 25 heavy (non-hydrogen) atoms. The molecule has 1 fully saturated rings. The maximum Gasteiger partial charge on any atom is 0.272 e. The van der Waals surface area contributed by atoms with Crippen LogP contribution in [0.25, 0.3) is 5.52 Å². The van der Waals surface area contributed by atoms with Crippen LogP contribution in [0.5, 0.6) is 0 Å². The first-order valence-corrected chi connectivity index (χ1v) is 8.73. The van der Waals surface area contributed by atoms with Gasteiger partial charge in [0.25, 0.3) is 5.91 Å². The average Bonchev–Trinajstić information content (AvgIpc) is 3.24. The zero-order valence-electron chi connectivity index (χ0n) is 14.4. The van der Waals surface area contributed by atoms with Gasteiger partial charge >= 0.3 is 0 Å². The highest BCUT2D eigenvalue weighted by molar-refractivity contribution is 5.99. The van der Waals surface area contributed by atoms with Gasteiger partial charge in [0.2, 0.25) is 0 Å². The minimum atomic E-state index is -0.126. The fourth-order valence-electron chi connectivity index (χ4n) is 3.56. The number of nitrogens with zero attached hydrogens (tertiary/aromatic N) is 3. The SMILES string of the molecule is CN1CCC[C@H]1c1nc(C(=O)NCc2ccccc2)c2ccccn12. The van der Waals surface area contributed by atoms with Gasteiger partial charge in [0.1, 0.15) is 5.82 Å². The predicted molar refractivity (Wildman–Crippen MR) is 97.4 cm³/mol. The molecule has 2 aromatic heterocycles. The fourth-order valence-corrected chi connectivity index (χ4v) is 3.56. The summed E-state index contributed by atoms with van der Waals surface area (Å²) in [6.07, 6.45) is 4.24. The van der Waals surface area contributed by atoms with Crippen molar-refractivity contribution in [2.75, 3.05) is 13.6 Å². The van der Waals surface area contributed by atoms with E-state index < -0.39 is 0 Å². The van der Waals surface area contributed by atoms with E-state index in [4.69, 9.17) is 4.98 Å². The first-order valence-electron chi connectivity index (χ1n) is 8.73. The first kappa shape index (κ1) is 15.8. The molecule has 0 bridgehead atoms. The molecule has 0 aliphatic carbocycles. The van der Waals surface area contributed by atoms with E-state index in [1.54, 1.807) is 0 Å². The topological polar surface area (TPSA) is 49.6 Å². The number of aromatic nitrogens is 2. The number of rotatable bonds is 4. The Morgan fingerprint density at radius 3 is 2.76 bits per heavy atom. The van der Waals surface area contributed by atoms with Crippen LogP contribution in [0.2, 0.25) is 0 Å². The van der Waals surface area contributed by atoms with Gasteiger partial charge in [-0.25, -0.2) is 4.98 Å². The summed E-state index contributed by atoms with van der Waals surface area (Å²) < 4.78 is 2.06. The largest absolute Gasteiger partial charge is 0.347 e. The van der Waals surface area contributed by atoms with Crippen LogP contribution in [0.3, 0.4) is 0 Å². The molecule has 128 valence electrons. The van der Waals surface area contributed by atoms with Crippen molar-refractivity contribution < 1.29 is 4.79 Å². The normalized spacial score (nSPS) is 17.9. The molecule has 0 unspecified atom stereocenters. The second kappa shape index (κ2) is 6.69. The minimum Gasteiger partial charge on any atom is -0.347 e. The Morgan fingerprint density at radius 1 is 1.20 bits per heavy atom. The van der Waals surface area contributed by atoms with Gasteiger partial charge in [-0.15, -0.1) is 0 Å². The molecule has 5 heteroatoms. The van der Waals surface area contributed by atoms with Gasteiger partial charge in [-0.2, -0.15) is 0 Å². The molecule has 0 saturated carbocycles. The summed E-state index contributed by atoms with van der Waals surface area (Å²) in [5.41, 5.74) is 2.45. The van der Waals surface area contributed by atoms with E-state index in [0.29, 0.717) is 12.2 Å². The fraction of sp³-hybridized carbons (Fsp3) is 0.300. The molecule has 0 spiro atoms. The molecule has 1 aromatic carbocycles. The summed E-state index contributed by atoms with van der Waals surface area (Å²) in [6.45, 7) is 1.58. The van der Waals surface area contributed by atoms with Gasteiger partial charge in [-0.05, 0) is 44.1 Å². The van der Waals surface area contributed by atoms with E-state index in [9.17, 15) is 4.79 Å². The van der Waals surface area contributed by atoms with Gasteiger partial charge in [-0.3, -0.25) is 9.69 Å². The third-order valence-electron chi connectivity index (χ3n) is 4.91. The molecule has 5 nitrogen and oxygen atoms in total. The predicted octanol–water partition coefficient (Wildman–Crippen LogP) is 3.03. The number of benzene rings is 1. The van der Waals surface area contributed by atoms with Crippen molar-refractivity contribution in [3.63, 3.8) is 0 Å². The lowest BCUT2D eigenvalue weighted by Gasteiger charge is -2.17. The molecule has 1 N–H and O–H groups in total. The molecule has 1 aliphatic rings. The first-order chi connectivity index (χ1) is 12.2. The van der Waals surface area contributed by atoms with Crippen LogP contribution < -0.4 is 5.32 Å². The number of fused-ring (bicyclic) bond motifs is 1. The van der Waals surface area contributed by atoms with E-state index in [2.05, 4.69) is 21.7 Å². The molecule has 0 radical (unpaired) electrons. The molecule has 1 saturated heterocycles. The Labute approximate surface area is 147 Å². The quantitative estimate of drug-likeness (QED) is 0.798. The number of imidazole rings is 1. The Bertz CT molecular complexity index is 887. The molecule has 1 aliphatic heterocycles. The highest BCUT2D eigenvalue weighted by Gasteiger charge is 2.28. The number of hydrogen-bond acceptors (Lipinski definition) is 3. The van der Waals surface area contributed by atoms with Crippen LogP contribution in [0.15, 0.2) is 54.7 Å². The highest BCUT2D eigenvalue weighted by atomic mass is 16.1. The summed E-state index contributed by atoms with van der Waals surface area (Å²) in [7, 11) is 2.12. The lowest BCUT2D eigenvalue weighted by atomic mass is 10.2. The second-order valence-corrected chi connectivity index (χ2v) is 6.58. The van der Waals surface area contributed by atoms with Crippen LogP contribution in [-0.4, -0.2) is 33.8 Å². The maximum atomic E-state index is 12.7. The number of pyridine rings is 1. The summed E-state index contributed by atoms with van der Waals surface area (Å²) in [4.78, 5) is 19.8. The molecule has 3 heterocycles. The molecule has 3 aromatic rings. The van der Waals surface area contributed by atoms with Crippen molar-refractivity contribution in [3.8, 4) is 0 Å². The summed E-state index contributed by atoms with van der Waals surface area (Å²) in [5, 5.41) is 2.99.